The Labute approximate surface area is 200 Å². The number of aromatic nitrogens is 5. The van der Waals surface area contributed by atoms with E-state index in [0.717, 1.165) is 55.6 Å². The van der Waals surface area contributed by atoms with E-state index in [1.165, 1.54) is 12.1 Å². The Kier molecular flexibility index (Phi) is 6.48. The number of hydrogen-bond donors (Lipinski definition) is 0. The van der Waals surface area contributed by atoms with Crippen molar-refractivity contribution in [2.45, 2.75) is 30.2 Å². The average Bonchev–Trinajstić information content (AvgIpc) is 3.51. The fraction of sp³-hybridized carbons (Fsp3) is 0.478. The molecule has 0 amide bonds. The van der Waals surface area contributed by atoms with Crippen molar-refractivity contribution in [3.8, 4) is 11.5 Å². The van der Waals surface area contributed by atoms with Crippen molar-refractivity contribution in [1.82, 2.24) is 29.6 Å². The lowest BCUT2D eigenvalue weighted by Crippen LogP contribution is -2.35. The minimum absolute atomic E-state index is 0.373. The average molecular weight is 490 g/mol. The molecule has 34 heavy (non-hydrogen) atoms. The molecular formula is C23H26F3N7S. The van der Waals surface area contributed by atoms with Gasteiger partial charge in [-0.3, -0.25) is 4.98 Å². The first-order valence-corrected chi connectivity index (χ1v) is 12.3. The molecule has 2 fully saturated rings. The molecular weight excluding hydrogens is 463 g/mol. The van der Waals surface area contributed by atoms with Gasteiger partial charge in [-0.2, -0.15) is 13.2 Å². The Bertz CT molecular complexity index is 1100. The van der Waals surface area contributed by atoms with Crippen molar-refractivity contribution in [2.75, 3.05) is 36.8 Å². The topological polar surface area (TPSA) is 63.0 Å². The Balaban J connectivity index is 1.11. The molecule has 180 valence electrons. The highest BCUT2D eigenvalue weighted by Crippen LogP contribution is 2.37. The van der Waals surface area contributed by atoms with Gasteiger partial charge in [-0.1, -0.05) is 11.8 Å². The summed E-state index contributed by atoms with van der Waals surface area (Å²) in [6, 6.07) is 5.98. The molecule has 2 aromatic heterocycles. The molecule has 3 aromatic rings. The number of nitrogens with zero attached hydrogens (tertiary/aromatic N) is 7. The first kappa shape index (κ1) is 23.1. The molecule has 0 aliphatic carbocycles. The molecule has 1 aromatic carbocycles. The number of hydrogen-bond acceptors (Lipinski definition) is 7. The van der Waals surface area contributed by atoms with Crippen molar-refractivity contribution in [3.63, 3.8) is 0 Å². The first-order valence-electron chi connectivity index (χ1n) is 11.3. The van der Waals surface area contributed by atoms with Crippen LogP contribution in [-0.2, 0) is 13.2 Å². The summed E-state index contributed by atoms with van der Waals surface area (Å²) < 4.78 is 40.6. The van der Waals surface area contributed by atoms with Gasteiger partial charge in [0.1, 0.15) is 5.69 Å². The molecule has 5 rings (SSSR count). The van der Waals surface area contributed by atoms with Crippen LogP contribution in [0.3, 0.4) is 0 Å². The maximum Gasteiger partial charge on any atom is 0.416 e. The van der Waals surface area contributed by atoms with E-state index < -0.39 is 11.7 Å². The molecule has 2 saturated heterocycles. The number of likely N-dealkylation sites (tertiary alicyclic amines) is 1. The van der Waals surface area contributed by atoms with Crippen LogP contribution in [0.5, 0.6) is 0 Å². The van der Waals surface area contributed by atoms with Crippen LogP contribution in [0.2, 0.25) is 0 Å². The maximum atomic E-state index is 12.9. The third kappa shape index (κ3) is 4.76. The van der Waals surface area contributed by atoms with Gasteiger partial charge in [-0.05, 0) is 49.6 Å². The van der Waals surface area contributed by atoms with Gasteiger partial charge in [-0.15, -0.1) is 10.2 Å². The molecule has 0 N–H and O–H groups in total. The maximum absolute atomic E-state index is 12.9. The summed E-state index contributed by atoms with van der Waals surface area (Å²) in [4.78, 5) is 13.1. The summed E-state index contributed by atoms with van der Waals surface area (Å²) in [6.07, 6.45) is 2.76. The van der Waals surface area contributed by atoms with E-state index in [1.54, 1.807) is 42.5 Å². The van der Waals surface area contributed by atoms with Crippen molar-refractivity contribution < 1.29 is 13.2 Å². The quantitative estimate of drug-likeness (QED) is 0.367. The predicted octanol–water partition coefficient (Wildman–Crippen LogP) is 3.98. The van der Waals surface area contributed by atoms with Crippen LogP contribution in [-0.4, -0.2) is 67.6 Å². The van der Waals surface area contributed by atoms with E-state index in [9.17, 15) is 13.2 Å². The van der Waals surface area contributed by atoms with E-state index in [0.29, 0.717) is 23.5 Å². The molecule has 2 atom stereocenters. The van der Waals surface area contributed by atoms with Gasteiger partial charge in [-0.25, -0.2) is 4.98 Å². The van der Waals surface area contributed by atoms with E-state index in [4.69, 9.17) is 0 Å². The number of rotatable bonds is 7. The van der Waals surface area contributed by atoms with E-state index >= 15 is 0 Å². The second-order valence-electron chi connectivity index (χ2n) is 8.77. The third-order valence-corrected chi connectivity index (χ3v) is 7.73. The van der Waals surface area contributed by atoms with Crippen molar-refractivity contribution in [3.05, 3.63) is 48.4 Å². The van der Waals surface area contributed by atoms with Gasteiger partial charge in [0.05, 0.1) is 11.8 Å². The zero-order chi connectivity index (χ0) is 23.7. The first-order chi connectivity index (χ1) is 16.4. The van der Waals surface area contributed by atoms with Crippen LogP contribution in [0.25, 0.3) is 11.5 Å². The van der Waals surface area contributed by atoms with E-state index in [-0.39, 0.29) is 0 Å². The molecule has 4 heterocycles. The Morgan fingerprint density at radius 2 is 1.91 bits per heavy atom. The number of thioether (sulfide) groups is 1. The molecule has 7 nitrogen and oxygen atoms in total. The second kappa shape index (κ2) is 9.53. The molecule has 0 radical (unpaired) electrons. The molecule has 0 saturated carbocycles. The monoisotopic (exact) mass is 489 g/mol. The number of fused-ring (bicyclic) bond motifs is 1. The largest absolute Gasteiger partial charge is 0.416 e. The summed E-state index contributed by atoms with van der Waals surface area (Å²) >= 11 is 1.68. The highest BCUT2D eigenvalue weighted by Gasteiger charge is 2.41. The minimum atomic E-state index is -4.30. The fourth-order valence-electron chi connectivity index (χ4n) is 4.92. The zero-order valence-corrected chi connectivity index (χ0v) is 19.6. The van der Waals surface area contributed by atoms with Gasteiger partial charge in [0.2, 0.25) is 0 Å². The SMILES string of the molecule is Cn1c(SCCCN2C[C@H]3CCN(c4ccc(C(F)(F)F)cc4)[C@H]3C2)nnc1-c1cnccn1. The van der Waals surface area contributed by atoms with Gasteiger partial charge >= 0.3 is 6.18 Å². The van der Waals surface area contributed by atoms with Gasteiger partial charge in [0, 0.05) is 56.6 Å². The standard InChI is InChI=1S/C23H26F3N7S/c1-31-21(19-13-27-8-9-28-19)29-30-22(31)34-12-2-10-32-14-16-7-11-33(20(16)15-32)18-5-3-17(4-6-18)23(24,25)26/h3-6,8-9,13,16,20H,2,7,10-12,14-15H2,1H3/t16-,20+/m1/s1. The second-order valence-corrected chi connectivity index (χ2v) is 9.83. The summed E-state index contributed by atoms with van der Waals surface area (Å²) in [5, 5.41) is 9.39. The number of alkyl halides is 3. The predicted molar refractivity (Wildman–Crippen MR) is 124 cm³/mol. The van der Waals surface area contributed by atoms with Crippen molar-refractivity contribution in [2.24, 2.45) is 13.0 Å². The third-order valence-electron chi connectivity index (χ3n) is 6.63. The number of halogens is 3. The lowest BCUT2D eigenvalue weighted by molar-refractivity contribution is -0.137. The molecule has 0 bridgehead atoms. The summed E-state index contributed by atoms with van der Waals surface area (Å²) in [7, 11) is 1.93. The summed E-state index contributed by atoms with van der Waals surface area (Å²) in [5.74, 6) is 2.20. The molecule has 11 heteroatoms. The van der Waals surface area contributed by atoms with Crippen molar-refractivity contribution >= 4 is 17.4 Å². The zero-order valence-electron chi connectivity index (χ0n) is 18.8. The van der Waals surface area contributed by atoms with Crippen LogP contribution < -0.4 is 4.90 Å². The fourth-order valence-corrected chi connectivity index (χ4v) is 5.76. The van der Waals surface area contributed by atoms with Gasteiger partial charge < -0.3 is 14.4 Å². The number of benzene rings is 1. The Hall–Kier alpha value is -2.66. The smallest absolute Gasteiger partial charge is 0.367 e. The van der Waals surface area contributed by atoms with Crippen LogP contribution in [0.4, 0.5) is 18.9 Å². The van der Waals surface area contributed by atoms with Crippen LogP contribution in [0, 0.1) is 5.92 Å². The van der Waals surface area contributed by atoms with Gasteiger partial charge in [0.25, 0.3) is 0 Å². The van der Waals surface area contributed by atoms with E-state index in [2.05, 4.69) is 30.0 Å². The van der Waals surface area contributed by atoms with Crippen molar-refractivity contribution in [1.29, 1.82) is 0 Å². The van der Waals surface area contributed by atoms with Crippen LogP contribution in [0.15, 0.2) is 48.0 Å². The Morgan fingerprint density at radius 3 is 2.65 bits per heavy atom. The minimum Gasteiger partial charge on any atom is -0.367 e. The summed E-state index contributed by atoms with van der Waals surface area (Å²) in [6.45, 7) is 3.91. The Morgan fingerprint density at radius 1 is 1.09 bits per heavy atom. The molecule has 0 unspecified atom stereocenters. The summed E-state index contributed by atoms with van der Waals surface area (Å²) in [5.41, 5.74) is 0.994. The lowest BCUT2D eigenvalue weighted by Gasteiger charge is -2.27. The van der Waals surface area contributed by atoms with Crippen LogP contribution >= 0.6 is 11.8 Å². The van der Waals surface area contributed by atoms with E-state index in [1.807, 2.05) is 11.6 Å². The molecule has 2 aliphatic heterocycles. The number of anilines is 1. The lowest BCUT2D eigenvalue weighted by atomic mass is 10.0. The normalized spacial score (nSPS) is 20.8. The van der Waals surface area contributed by atoms with Gasteiger partial charge in [0.15, 0.2) is 11.0 Å². The highest BCUT2D eigenvalue weighted by molar-refractivity contribution is 7.99. The highest BCUT2D eigenvalue weighted by atomic mass is 32.2. The van der Waals surface area contributed by atoms with Crippen LogP contribution in [0.1, 0.15) is 18.4 Å². The molecule has 2 aliphatic rings. The molecule has 0 spiro atoms.